The Hall–Kier alpha value is -2.13. The van der Waals surface area contributed by atoms with Crippen LogP contribution in [0.1, 0.15) is 29.9 Å². The summed E-state index contributed by atoms with van der Waals surface area (Å²) in [5, 5.41) is 4.60. The zero-order chi connectivity index (χ0) is 13.9. The maximum absolute atomic E-state index is 6.00. The minimum absolute atomic E-state index is 0.0430. The number of rotatable bonds is 4. The first-order chi connectivity index (χ1) is 9.78. The first kappa shape index (κ1) is 12.9. The number of nitrogens with zero attached hydrogens (tertiary/aromatic N) is 1. The Labute approximate surface area is 118 Å². The number of aryl methyl sites for hydroxylation is 1. The molecule has 3 heteroatoms. The Morgan fingerprint density at radius 2 is 2.15 bits per heavy atom. The number of fused-ring (bicyclic) bond motifs is 1. The molecular weight excluding hydrogens is 248 g/mol. The molecule has 2 aromatic heterocycles. The second-order valence-corrected chi connectivity index (χ2v) is 4.97. The highest BCUT2D eigenvalue weighted by molar-refractivity contribution is 5.78. The van der Waals surface area contributed by atoms with Crippen molar-refractivity contribution < 1.29 is 4.42 Å². The van der Waals surface area contributed by atoms with E-state index >= 15 is 0 Å². The number of hydrogen-bond acceptors (Lipinski definition) is 3. The van der Waals surface area contributed by atoms with Crippen molar-refractivity contribution in [1.82, 2.24) is 10.3 Å². The van der Waals surface area contributed by atoms with E-state index in [-0.39, 0.29) is 6.04 Å². The van der Waals surface area contributed by atoms with Crippen molar-refractivity contribution >= 4 is 11.0 Å². The van der Waals surface area contributed by atoms with Crippen LogP contribution in [0, 0.1) is 6.92 Å². The summed E-state index contributed by atoms with van der Waals surface area (Å²) in [4.78, 5) is 4.20. The van der Waals surface area contributed by atoms with E-state index in [4.69, 9.17) is 4.42 Å². The molecule has 0 bridgehead atoms. The fourth-order valence-corrected chi connectivity index (χ4v) is 2.46. The number of nitrogens with one attached hydrogen (secondary N) is 1. The van der Waals surface area contributed by atoms with E-state index in [0.29, 0.717) is 0 Å². The van der Waals surface area contributed by atoms with Gasteiger partial charge in [-0.15, -0.1) is 0 Å². The zero-order valence-corrected chi connectivity index (χ0v) is 11.8. The van der Waals surface area contributed by atoms with Crippen molar-refractivity contribution in [3.8, 4) is 0 Å². The van der Waals surface area contributed by atoms with E-state index in [2.05, 4.69) is 48.4 Å². The summed E-state index contributed by atoms with van der Waals surface area (Å²) >= 11 is 0. The van der Waals surface area contributed by atoms with Gasteiger partial charge in [0.2, 0.25) is 0 Å². The molecule has 0 saturated carbocycles. The van der Waals surface area contributed by atoms with Gasteiger partial charge in [0.05, 0.1) is 6.04 Å². The predicted molar refractivity (Wildman–Crippen MR) is 80.7 cm³/mol. The molecule has 1 N–H and O–H groups in total. The highest BCUT2D eigenvalue weighted by Crippen LogP contribution is 2.28. The van der Waals surface area contributed by atoms with Gasteiger partial charge in [0.15, 0.2) is 0 Å². The molecule has 3 rings (SSSR count). The Morgan fingerprint density at radius 3 is 2.90 bits per heavy atom. The van der Waals surface area contributed by atoms with Crippen LogP contribution < -0.4 is 5.32 Å². The molecule has 0 radical (unpaired) electrons. The third-order valence-electron chi connectivity index (χ3n) is 3.40. The van der Waals surface area contributed by atoms with Gasteiger partial charge in [0.1, 0.15) is 11.3 Å². The molecule has 1 unspecified atom stereocenters. The molecular formula is C17H18N2O. The zero-order valence-electron chi connectivity index (χ0n) is 11.8. The van der Waals surface area contributed by atoms with Gasteiger partial charge in [-0.3, -0.25) is 4.98 Å². The standard InChI is InChI=1S/C17H18N2O/c1-3-19-17(13-5-4-8-18-11-13)16-10-14-9-12(2)6-7-15(14)20-16/h4-11,17,19H,3H2,1-2H3. The van der Waals surface area contributed by atoms with Crippen molar-refractivity contribution in [1.29, 1.82) is 0 Å². The molecule has 2 heterocycles. The Bertz CT molecular complexity index is 703. The third kappa shape index (κ3) is 2.45. The predicted octanol–water partition coefficient (Wildman–Crippen LogP) is 3.84. The van der Waals surface area contributed by atoms with Crippen molar-refractivity contribution in [2.75, 3.05) is 6.54 Å². The van der Waals surface area contributed by atoms with Crippen LogP contribution in [0.15, 0.2) is 53.2 Å². The molecule has 0 aliphatic carbocycles. The van der Waals surface area contributed by atoms with E-state index in [1.807, 2.05) is 18.3 Å². The SMILES string of the molecule is CCNC(c1cccnc1)c1cc2cc(C)ccc2o1. The van der Waals surface area contributed by atoms with E-state index in [0.717, 1.165) is 28.8 Å². The van der Waals surface area contributed by atoms with Gasteiger partial charge < -0.3 is 9.73 Å². The van der Waals surface area contributed by atoms with Crippen LogP contribution in [0.4, 0.5) is 0 Å². The average Bonchev–Trinajstić information content (AvgIpc) is 2.88. The van der Waals surface area contributed by atoms with E-state index < -0.39 is 0 Å². The molecule has 3 nitrogen and oxygen atoms in total. The monoisotopic (exact) mass is 266 g/mol. The lowest BCUT2D eigenvalue weighted by Gasteiger charge is -2.15. The van der Waals surface area contributed by atoms with Crippen LogP contribution >= 0.6 is 0 Å². The maximum Gasteiger partial charge on any atom is 0.134 e. The summed E-state index contributed by atoms with van der Waals surface area (Å²) in [6, 6.07) is 12.4. The molecule has 0 amide bonds. The van der Waals surface area contributed by atoms with Gasteiger partial charge in [0, 0.05) is 17.8 Å². The summed E-state index contributed by atoms with van der Waals surface area (Å²) < 4.78 is 6.00. The smallest absolute Gasteiger partial charge is 0.134 e. The van der Waals surface area contributed by atoms with Gasteiger partial charge in [-0.05, 0) is 43.3 Å². The first-order valence-corrected chi connectivity index (χ1v) is 6.91. The normalized spacial score (nSPS) is 12.7. The summed E-state index contributed by atoms with van der Waals surface area (Å²) in [6.45, 7) is 5.06. The molecule has 20 heavy (non-hydrogen) atoms. The molecule has 0 aliphatic heterocycles. The minimum Gasteiger partial charge on any atom is -0.459 e. The molecule has 3 aromatic rings. The van der Waals surface area contributed by atoms with Crippen LogP contribution in [0.3, 0.4) is 0 Å². The average molecular weight is 266 g/mol. The molecule has 102 valence electrons. The second kappa shape index (κ2) is 5.47. The maximum atomic E-state index is 6.00. The Morgan fingerprint density at radius 1 is 1.25 bits per heavy atom. The lowest BCUT2D eigenvalue weighted by Crippen LogP contribution is -2.21. The van der Waals surface area contributed by atoms with Gasteiger partial charge in [-0.1, -0.05) is 24.6 Å². The minimum atomic E-state index is 0.0430. The van der Waals surface area contributed by atoms with Crippen LogP contribution in [0.2, 0.25) is 0 Å². The van der Waals surface area contributed by atoms with Crippen LogP contribution in [-0.4, -0.2) is 11.5 Å². The van der Waals surface area contributed by atoms with E-state index in [1.165, 1.54) is 5.56 Å². The van der Waals surface area contributed by atoms with Gasteiger partial charge in [0.25, 0.3) is 0 Å². The van der Waals surface area contributed by atoms with Crippen molar-refractivity contribution in [2.24, 2.45) is 0 Å². The number of benzene rings is 1. The number of aromatic nitrogens is 1. The highest BCUT2D eigenvalue weighted by Gasteiger charge is 2.17. The first-order valence-electron chi connectivity index (χ1n) is 6.91. The van der Waals surface area contributed by atoms with Crippen molar-refractivity contribution in [2.45, 2.75) is 19.9 Å². The lowest BCUT2D eigenvalue weighted by molar-refractivity contribution is 0.476. The largest absolute Gasteiger partial charge is 0.459 e. The van der Waals surface area contributed by atoms with Crippen LogP contribution in [0.5, 0.6) is 0 Å². The lowest BCUT2D eigenvalue weighted by atomic mass is 10.1. The molecule has 0 spiro atoms. The van der Waals surface area contributed by atoms with Gasteiger partial charge in [-0.2, -0.15) is 0 Å². The second-order valence-electron chi connectivity index (χ2n) is 4.97. The quantitative estimate of drug-likeness (QED) is 0.779. The van der Waals surface area contributed by atoms with Crippen LogP contribution in [0.25, 0.3) is 11.0 Å². The Balaban J connectivity index is 2.05. The summed E-state index contributed by atoms with van der Waals surface area (Å²) in [5.41, 5.74) is 3.29. The van der Waals surface area contributed by atoms with Crippen molar-refractivity contribution in [3.05, 3.63) is 65.7 Å². The molecule has 0 fully saturated rings. The summed E-state index contributed by atoms with van der Waals surface area (Å²) in [6.07, 6.45) is 3.67. The van der Waals surface area contributed by atoms with E-state index in [1.54, 1.807) is 6.20 Å². The van der Waals surface area contributed by atoms with Gasteiger partial charge in [-0.25, -0.2) is 0 Å². The molecule has 1 atom stereocenters. The Kier molecular flexibility index (Phi) is 3.52. The van der Waals surface area contributed by atoms with Crippen molar-refractivity contribution in [3.63, 3.8) is 0 Å². The fourth-order valence-electron chi connectivity index (χ4n) is 2.46. The fraction of sp³-hybridized carbons (Fsp3) is 0.235. The third-order valence-corrected chi connectivity index (χ3v) is 3.40. The molecule has 1 aromatic carbocycles. The van der Waals surface area contributed by atoms with E-state index in [9.17, 15) is 0 Å². The summed E-state index contributed by atoms with van der Waals surface area (Å²) in [7, 11) is 0. The molecule has 0 aliphatic rings. The summed E-state index contributed by atoms with van der Waals surface area (Å²) in [5.74, 6) is 0.931. The topological polar surface area (TPSA) is 38.1 Å². The van der Waals surface area contributed by atoms with Crippen LogP contribution in [-0.2, 0) is 0 Å². The van der Waals surface area contributed by atoms with Gasteiger partial charge >= 0.3 is 0 Å². The number of pyridine rings is 1. The molecule has 0 saturated heterocycles. The number of furan rings is 1. The number of hydrogen-bond donors (Lipinski definition) is 1. The highest BCUT2D eigenvalue weighted by atomic mass is 16.3.